The van der Waals surface area contributed by atoms with E-state index >= 15 is 0 Å². The number of carbonyl (C=O) groups excluding carboxylic acids is 2. The molecule has 0 aromatic heterocycles. The Morgan fingerprint density at radius 2 is 1.73 bits per heavy atom. The van der Waals surface area contributed by atoms with Gasteiger partial charge in [0.15, 0.2) is 11.5 Å². The second-order valence-corrected chi connectivity index (χ2v) is 9.97. The number of likely N-dealkylation sites (tertiary alicyclic amines) is 1. The van der Waals surface area contributed by atoms with Gasteiger partial charge in [-0.1, -0.05) is 30.3 Å². The maximum Gasteiger partial charge on any atom is 0.231 e. The summed E-state index contributed by atoms with van der Waals surface area (Å²) in [6, 6.07) is 14.4. The van der Waals surface area contributed by atoms with Crippen molar-refractivity contribution in [2.45, 2.75) is 45.1 Å². The molecule has 2 fully saturated rings. The van der Waals surface area contributed by atoms with E-state index < -0.39 is 0 Å². The van der Waals surface area contributed by atoms with Gasteiger partial charge in [-0.05, 0) is 66.3 Å². The van der Waals surface area contributed by atoms with Crippen LogP contribution in [0.1, 0.15) is 42.4 Å². The van der Waals surface area contributed by atoms with Crippen molar-refractivity contribution in [3.8, 4) is 11.5 Å². The lowest BCUT2D eigenvalue weighted by Gasteiger charge is -2.34. The molecular formula is C27H30N2O4. The molecular weight excluding hydrogens is 416 g/mol. The maximum absolute atomic E-state index is 13.2. The summed E-state index contributed by atoms with van der Waals surface area (Å²) < 4.78 is 10.8. The number of hydrogen-bond acceptors (Lipinski definition) is 4. The second-order valence-electron chi connectivity index (χ2n) is 9.97. The van der Waals surface area contributed by atoms with Crippen LogP contribution in [0.3, 0.4) is 0 Å². The fraction of sp³-hybridized carbons (Fsp3) is 0.481. The van der Waals surface area contributed by atoms with Crippen LogP contribution in [0.2, 0.25) is 0 Å². The average molecular weight is 447 g/mol. The van der Waals surface area contributed by atoms with Gasteiger partial charge in [0.2, 0.25) is 18.6 Å². The van der Waals surface area contributed by atoms with Crippen LogP contribution >= 0.6 is 0 Å². The highest BCUT2D eigenvalue weighted by Crippen LogP contribution is 2.60. The van der Waals surface area contributed by atoms with Gasteiger partial charge in [0.1, 0.15) is 0 Å². The number of nitrogens with zero attached hydrogens (tertiary/aromatic N) is 2. The molecule has 33 heavy (non-hydrogen) atoms. The largest absolute Gasteiger partial charge is 0.454 e. The number of piperidine rings is 1. The van der Waals surface area contributed by atoms with E-state index in [2.05, 4.69) is 29.2 Å². The molecule has 2 aromatic rings. The first-order valence-corrected chi connectivity index (χ1v) is 12.1. The number of rotatable bonds is 4. The van der Waals surface area contributed by atoms with Crippen LogP contribution in [-0.4, -0.2) is 48.0 Å². The van der Waals surface area contributed by atoms with E-state index in [-0.39, 0.29) is 24.0 Å². The third-order valence-electron chi connectivity index (χ3n) is 8.11. The minimum absolute atomic E-state index is 0.127. The molecule has 172 valence electrons. The number of benzene rings is 2. The van der Waals surface area contributed by atoms with E-state index in [4.69, 9.17) is 9.47 Å². The van der Waals surface area contributed by atoms with Crippen molar-refractivity contribution in [2.75, 3.05) is 26.4 Å². The van der Waals surface area contributed by atoms with Gasteiger partial charge in [0.05, 0.1) is 0 Å². The normalized spacial score (nSPS) is 22.2. The van der Waals surface area contributed by atoms with Crippen molar-refractivity contribution in [1.82, 2.24) is 9.80 Å². The van der Waals surface area contributed by atoms with Crippen molar-refractivity contribution in [2.24, 2.45) is 11.3 Å². The summed E-state index contributed by atoms with van der Waals surface area (Å²) >= 11 is 0. The molecule has 1 spiro atoms. The van der Waals surface area contributed by atoms with Crippen LogP contribution in [0.5, 0.6) is 11.5 Å². The lowest BCUT2D eigenvalue weighted by atomic mass is 9.89. The summed E-state index contributed by atoms with van der Waals surface area (Å²) in [6.07, 6.45) is 5.04. The van der Waals surface area contributed by atoms with Crippen LogP contribution in [0.4, 0.5) is 0 Å². The summed E-state index contributed by atoms with van der Waals surface area (Å²) in [4.78, 5) is 30.1. The summed E-state index contributed by atoms with van der Waals surface area (Å²) in [7, 11) is 0. The molecule has 0 radical (unpaired) electrons. The Morgan fingerprint density at radius 3 is 2.58 bits per heavy atom. The Morgan fingerprint density at radius 1 is 0.939 bits per heavy atom. The maximum atomic E-state index is 13.2. The first-order chi connectivity index (χ1) is 16.1. The number of carbonyl (C=O) groups is 2. The summed E-state index contributed by atoms with van der Waals surface area (Å²) in [5, 5.41) is 0. The van der Waals surface area contributed by atoms with Crippen LogP contribution in [0.15, 0.2) is 42.5 Å². The first-order valence-electron chi connectivity index (χ1n) is 12.1. The van der Waals surface area contributed by atoms with Crippen LogP contribution in [-0.2, 0) is 29.0 Å². The fourth-order valence-corrected chi connectivity index (χ4v) is 5.86. The summed E-state index contributed by atoms with van der Waals surface area (Å²) in [6.45, 7) is 3.37. The molecule has 6 nitrogen and oxygen atoms in total. The molecule has 1 saturated carbocycles. The molecule has 6 rings (SSSR count). The predicted molar refractivity (Wildman–Crippen MR) is 123 cm³/mol. The second kappa shape index (κ2) is 8.08. The zero-order valence-electron chi connectivity index (χ0n) is 18.9. The molecule has 1 saturated heterocycles. The number of fused-ring (bicyclic) bond motifs is 2. The Balaban J connectivity index is 0.996. The molecule has 3 heterocycles. The monoisotopic (exact) mass is 446 g/mol. The first kappa shape index (κ1) is 20.6. The Labute approximate surface area is 194 Å². The van der Waals surface area contributed by atoms with Crippen LogP contribution in [0.25, 0.3) is 0 Å². The van der Waals surface area contributed by atoms with Crippen molar-refractivity contribution in [3.63, 3.8) is 0 Å². The molecule has 2 aromatic carbocycles. The molecule has 1 aliphatic carbocycles. The van der Waals surface area contributed by atoms with Gasteiger partial charge >= 0.3 is 0 Å². The van der Waals surface area contributed by atoms with Gasteiger partial charge in [-0.15, -0.1) is 0 Å². The van der Waals surface area contributed by atoms with E-state index in [9.17, 15) is 9.59 Å². The molecule has 0 unspecified atom stereocenters. The molecule has 0 bridgehead atoms. The van der Waals surface area contributed by atoms with Gasteiger partial charge < -0.3 is 19.3 Å². The van der Waals surface area contributed by atoms with E-state index in [0.717, 1.165) is 68.9 Å². The number of aryl methyl sites for hydroxylation is 1. The highest BCUT2D eigenvalue weighted by Gasteiger charge is 2.59. The molecule has 2 amide bonds. The van der Waals surface area contributed by atoms with Gasteiger partial charge in [-0.25, -0.2) is 0 Å². The molecule has 6 heteroatoms. The van der Waals surface area contributed by atoms with Crippen molar-refractivity contribution in [1.29, 1.82) is 0 Å². The summed E-state index contributed by atoms with van der Waals surface area (Å²) in [5.74, 6) is 2.22. The molecule has 3 aliphatic heterocycles. The van der Waals surface area contributed by atoms with E-state index in [0.29, 0.717) is 18.7 Å². The van der Waals surface area contributed by atoms with Crippen LogP contribution in [0, 0.1) is 11.3 Å². The third kappa shape index (κ3) is 3.85. The zero-order chi connectivity index (χ0) is 22.4. The Hall–Kier alpha value is -3.02. The standard InChI is InChI=1S/C27H30N2O4/c30-25(8-6-19-5-7-23-24(15-19)33-18-32-23)28-13-10-27(11-14-28)16-22(27)26(31)29-12-9-20-3-1-2-4-21(20)17-29/h1-5,7,15,22H,6,8-14,16-18H2/t22-/m1/s1. The highest BCUT2D eigenvalue weighted by atomic mass is 16.7. The summed E-state index contributed by atoms with van der Waals surface area (Å²) in [5.41, 5.74) is 3.88. The quantitative estimate of drug-likeness (QED) is 0.721. The van der Waals surface area contributed by atoms with Crippen molar-refractivity contribution in [3.05, 3.63) is 59.2 Å². The van der Waals surface area contributed by atoms with Gasteiger partial charge in [0, 0.05) is 38.5 Å². The van der Waals surface area contributed by atoms with Crippen molar-refractivity contribution < 1.29 is 19.1 Å². The minimum atomic E-state index is 0.127. The topological polar surface area (TPSA) is 59.1 Å². The fourth-order valence-electron chi connectivity index (χ4n) is 5.86. The predicted octanol–water partition coefficient (Wildman–Crippen LogP) is 3.56. The smallest absolute Gasteiger partial charge is 0.231 e. The molecule has 1 atom stereocenters. The minimum Gasteiger partial charge on any atom is -0.454 e. The molecule has 0 N–H and O–H groups in total. The van der Waals surface area contributed by atoms with Crippen LogP contribution < -0.4 is 9.47 Å². The highest BCUT2D eigenvalue weighted by molar-refractivity contribution is 5.83. The third-order valence-corrected chi connectivity index (χ3v) is 8.11. The Bertz CT molecular complexity index is 1090. The van der Waals surface area contributed by atoms with E-state index in [1.54, 1.807) is 0 Å². The SMILES string of the molecule is O=C(CCc1ccc2c(c1)OCO2)N1CCC2(CC1)C[C@@H]2C(=O)N1CCc2ccccc2C1. The lowest BCUT2D eigenvalue weighted by molar-refractivity contribution is -0.135. The Kier molecular flexibility index (Phi) is 5.04. The average Bonchev–Trinajstić information content (AvgIpc) is 3.33. The number of amides is 2. The zero-order valence-corrected chi connectivity index (χ0v) is 18.9. The number of ether oxygens (including phenoxy) is 2. The van der Waals surface area contributed by atoms with E-state index in [1.165, 1.54) is 11.1 Å². The van der Waals surface area contributed by atoms with E-state index in [1.807, 2.05) is 23.1 Å². The van der Waals surface area contributed by atoms with Gasteiger partial charge in [0.25, 0.3) is 0 Å². The lowest BCUT2D eigenvalue weighted by Crippen LogP contribution is -2.42. The van der Waals surface area contributed by atoms with Gasteiger partial charge in [-0.2, -0.15) is 0 Å². The van der Waals surface area contributed by atoms with Crippen molar-refractivity contribution >= 4 is 11.8 Å². The number of hydrogen-bond donors (Lipinski definition) is 0. The molecule has 4 aliphatic rings. The van der Waals surface area contributed by atoms with Gasteiger partial charge in [-0.3, -0.25) is 9.59 Å².